The first-order chi connectivity index (χ1) is 13.3. The molecule has 2 rings (SSSR count). The van der Waals surface area contributed by atoms with Gasteiger partial charge in [-0.25, -0.2) is 9.59 Å². The maximum absolute atomic E-state index is 12.2. The van der Waals surface area contributed by atoms with E-state index in [2.05, 4.69) is 10.4 Å². The third-order valence-corrected chi connectivity index (χ3v) is 3.36. The summed E-state index contributed by atoms with van der Waals surface area (Å²) >= 11 is 0. The number of benzene rings is 1. The molecule has 148 valence electrons. The van der Waals surface area contributed by atoms with Gasteiger partial charge in [0.1, 0.15) is 6.54 Å². The number of hydrogen-bond acceptors (Lipinski definition) is 8. The smallest absolute Gasteiger partial charge is 0.389 e. The van der Waals surface area contributed by atoms with Crippen LogP contribution in [-0.4, -0.2) is 45.8 Å². The molecule has 0 aliphatic carbocycles. The maximum Gasteiger partial charge on any atom is 0.389 e. The van der Waals surface area contributed by atoms with E-state index in [1.54, 1.807) is 13.8 Å². The number of esters is 2. The van der Waals surface area contributed by atoms with Crippen molar-refractivity contribution in [2.45, 2.75) is 20.4 Å². The number of hydrogen-bond donors (Lipinski definition) is 1. The lowest BCUT2D eigenvalue weighted by Crippen LogP contribution is -2.20. The van der Waals surface area contributed by atoms with Crippen LogP contribution in [0.1, 0.15) is 34.6 Å². The number of aromatic nitrogens is 2. The molecule has 11 heteroatoms. The van der Waals surface area contributed by atoms with Crippen LogP contribution >= 0.6 is 0 Å². The van der Waals surface area contributed by atoms with Crippen LogP contribution < -0.4 is 5.32 Å². The number of nitrogens with zero attached hydrogens (tertiary/aromatic N) is 3. The molecular weight excluding hydrogens is 372 g/mol. The molecule has 0 fully saturated rings. The van der Waals surface area contributed by atoms with E-state index in [4.69, 9.17) is 9.47 Å². The first-order valence-corrected chi connectivity index (χ1v) is 8.31. The Labute approximate surface area is 159 Å². The summed E-state index contributed by atoms with van der Waals surface area (Å²) < 4.78 is 10.9. The van der Waals surface area contributed by atoms with E-state index >= 15 is 0 Å². The lowest BCUT2D eigenvalue weighted by Gasteiger charge is -2.10. The van der Waals surface area contributed by atoms with E-state index in [1.165, 1.54) is 24.4 Å². The number of nitro groups is 1. The van der Waals surface area contributed by atoms with Crippen LogP contribution in [0.3, 0.4) is 0 Å². The molecule has 1 N–H and O–H groups in total. The molecule has 28 heavy (non-hydrogen) atoms. The molecule has 1 amide bonds. The third kappa shape index (κ3) is 5.37. The van der Waals surface area contributed by atoms with Gasteiger partial charge >= 0.3 is 17.8 Å². The fraction of sp³-hybridized carbons (Fsp3) is 0.294. The second-order valence-corrected chi connectivity index (χ2v) is 5.42. The SMILES string of the molecule is CCOC(=O)c1cc(NC(=O)Cn2ccc([N+](=O)[O-])n2)cc(C(=O)OCC)c1. The highest BCUT2D eigenvalue weighted by atomic mass is 16.6. The Kier molecular flexibility index (Phi) is 6.79. The molecule has 0 saturated carbocycles. The third-order valence-electron chi connectivity index (χ3n) is 3.36. The number of carbonyl (C=O) groups is 3. The molecule has 1 aromatic heterocycles. The summed E-state index contributed by atoms with van der Waals surface area (Å²) in [5.41, 5.74) is 0.301. The predicted octanol–water partition coefficient (Wildman–Crippen LogP) is 1.78. The van der Waals surface area contributed by atoms with Gasteiger partial charge in [-0.15, -0.1) is 0 Å². The first kappa shape index (κ1) is 20.6. The Morgan fingerprint density at radius 3 is 2.14 bits per heavy atom. The first-order valence-electron chi connectivity index (χ1n) is 8.31. The van der Waals surface area contributed by atoms with Crippen molar-refractivity contribution < 1.29 is 28.8 Å². The van der Waals surface area contributed by atoms with Crippen LogP contribution in [0.2, 0.25) is 0 Å². The van der Waals surface area contributed by atoms with Crippen LogP contribution in [0.5, 0.6) is 0 Å². The number of anilines is 1. The Bertz CT molecular complexity index is 870. The lowest BCUT2D eigenvalue weighted by atomic mass is 10.1. The maximum atomic E-state index is 12.2. The molecule has 1 aromatic carbocycles. The zero-order valence-corrected chi connectivity index (χ0v) is 15.2. The number of amides is 1. The predicted molar refractivity (Wildman–Crippen MR) is 95.9 cm³/mol. The van der Waals surface area contributed by atoms with Gasteiger partial charge in [-0.05, 0) is 37.0 Å². The van der Waals surface area contributed by atoms with E-state index in [1.807, 2.05) is 0 Å². The summed E-state index contributed by atoms with van der Waals surface area (Å²) in [5.74, 6) is -2.27. The van der Waals surface area contributed by atoms with Crippen molar-refractivity contribution in [3.8, 4) is 0 Å². The summed E-state index contributed by atoms with van der Waals surface area (Å²) in [5, 5.41) is 16.8. The minimum Gasteiger partial charge on any atom is -0.462 e. The lowest BCUT2D eigenvalue weighted by molar-refractivity contribution is -0.389. The molecular formula is C17H18N4O7. The Hall–Kier alpha value is -3.76. The van der Waals surface area contributed by atoms with Crippen molar-refractivity contribution in [3.63, 3.8) is 0 Å². The van der Waals surface area contributed by atoms with E-state index in [0.29, 0.717) is 0 Å². The molecule has 0 atom stereocenters. The molecule has 0 bridgehead atoms. The van der Waals surface area contributed by atoms with E-state index < -0.39 is 22.8 Å². The topological polar surface area (TPSA) is 143 Å². The average molecular weight is 390 g/mol. The highest BCUT2D eigenvalue weighted by molar-refractivity contribution is 5.99. The van der Waals surface area contributed by atoms with Gasteiger partial charge in [-0.1, -0.05) is 0 Å². The number of ether oxygens (including phenoxy) is 2. The highest BCUT2D eigenvalue weighted by Crippen LogP contribution is 2.18. The highest BCUT2D eigenvalue weighted by Gasteiger charge is 2.17. The van der Waals surface area contributed by atoms with Gasteiger partial charge < -0.3 is 24.9 Å². The Morgan fingerprint density at radius 1 is 1.11 bits per heavy atom. The normalized spacial score (nSPS) is 10.2. The molecule has 1 heterocycles. The molecule has 2 aromatic rings. The second-order valence-electron chi connectivity index (χ2n) is 5.42. The van der Waals surface area contributed by atoms with E-state index in [0.717, 1.165) is 10.7 Å². The van der Waals surface area contributed by atoms with Crippen molar-refractivity contribution in [2.24, 2.45) is 0 Å². The Balaban J connectivity index is 2.21. The summed E-state index contributed by atoms with van der Waals surface area (Å²) in [7, 11) is 0. The fourth-order valence-electron chi connectivity index (χ4n) is 2.25. The molecule has 0 unspecified atom stereocenters. The quantitative estimate of drug-likeness (QED) is 0.408. The number of rotatable bonds is 8. The van der Waals surface area contributed by atoms with E-state index in [9.17, 15) is 24.5 Å². The van der Waals surface area contributed by atoms with Gasteiger partial charge in [0.2, 0.25) is 5.91 Å². The van der Waals surface area contributed by atoms with Gasteiger partial charge in [-0.2, -0.15) is 4.68 Å². The molecule has 0 aliphatic heterocycles. The van der Waals surface area contributed by atoms with Crippen molar-refractivity contribution in [2.75, 3.05) is 18.5 Å². The van der Waals surface area contributed by atoms with Gasteiger partial charge in [0.15, 0.2) is 0 Å². The summed E-state index contributed by atoms with van der Waals surface area (Å²) in [4.78, 5) is 46.2. The van der Waals surface area contributed by atoms with Crippen LogP contribution in [0, 0.1) is 10.1 Å². The summed E-state index contributed by atoms with van der Waals surface area (Å²) in [6.07, 6.45) is 1.29. The molecule has 0 radical (unpaired) electrons. The van der Waals surface area contributed by atoms with Gasteiger partial charge in [0.25, 0.3) is 0 Å². The number of carbonyl (C=O) groups excluding carboxylic acids is 3. The van der Waals surface area contributed by atoms with Crippen LogP contribution in [-0.2, 0) is 20.8 Å². The zero-order chi connectivity index (χ0) is 20.7. The average Bonchev–Trinajstić information content (AvgIpc) is 3.10. The van der Waals surface area contributed by atoms with Crippen LogP contribution in [0.25, 0.3) is 0 Å². The summed E-state index contributed by atoms with van der Waals surface area (Å²) in [6, 6.07) is 5.17. The van der Waals surface area contributed by atoms with Gasteiger partial charge in [0.05, 0.1) is 41.7 Å². The van der Waals surface area contributed by atoms with Crippen molar-refractivity contribution >= 4 is 29.4 Å². The van der Waals surface area contributed by atoms with Crippen molar-refractivity contribution in [1.82, 2.24) is 9.78 Å². The Morgan fingerprint density at radius 2 is 1.68 bits per heavy atom. The van der Waals surface area contributed by atoms with Crippen LogP contribution in [0.4, 0.5) is 11.5 Å². The fourth-order valence-corrected chi connectivity index (χ4v) is 2.25. The van der Waals surface area contributed by atoms with Crippen molar-refractivity contribution in [3.05, 3.63) is 51.7 Å². The molecule has 0 spiro atoms. The van der Waals surface area contributed by atoms with Crippen LogP contribution in [0.15, 0.2) is 30.5 Å². The summed E-state index contributed by atoms with van der Waals surface area (Å²) in [6.45, 7) is 3.26. The van der Waals surface area contributed by atoms with Crippen molar-refractivity contribution in [1.29, 1.82) is 0 Å². The largest absolute Gasteiger partial charge is 0.462 e. The van der Waals surface area contributed by atoms with E-state index in [-0.39, 0.29) is 42.4 Å². The molecule has 0 aliphatic rings. The monoisotopic (exact) mass is 390 g/mol. The minimum atomic E-state index is -0.678. The standard InChI is InChI=1S/C17H18N4O7/c1-3-27-16(23)11-7-12(17(24)28-4-2)9-13(8-11)18-15(22)10-20-6-5-14(19-20)21(25)26/h5-9H,3-4,10H2,1-2H3,(H,18,22). The molecule has 0 saturated heterocycles. The second kappa shape index (κ2) is 9.26. The number of nitrogens with one attached hydrogen (secondary N) is 1. The zero-order valence-electron chi connectivity index (χ0n) is 15.2. The minimum absolute atomic E-state index is 0.0671. The molecule has 11 nitrogen and oxygen atoms in total. The van der Waals surface area contributed by atoms with Gasteiger partial charge in [0, 0.05) is 5.69 Å². The van der Waals surface area contributed by atoms with Gasteiger partial charge in [-0.3, -0.25) is 4.79 Å².